The van der Waals surface area contributed by atoms with Crippen molar-refractivity contribution in [1.82, 2.24) is 9.97 Å². The first-order valence-corrected chi connectivity index (χ1v) is 3.84. The van der Waals surface area contributed by atoms with Gasteiger partial charge in [0.2, 0.25) is 6.41 Å². The van der Waals surface area contributed by atoms with Crippen LogP contribution in [0, 0.1) is 0 Å². The van der Waals surface area contributed by atoms with Crippen LogP contribution in [0.15, 0.2) is 17.4 Å². The number of rotatable bonds is 5. The monoisotopic (exact) mass is 207 g/mol. The fourth-order valence-corrected chi connectivity index (χ4v) is 0.810. The largest absolute Gasteiger partial charge is 0.398 e. The second-order valence-corrected chi connectivity index (χ2v) is 2.25. The Morgan fingerprint density at radius 3 is 3.13 bits per heavy atom. The van der Waals surface area contributed by atoms with Crippen LogP contribution < -0.4 is 5.32 Å². The predicted octanol–water partition coefficient (Wildman–Crippen LogP) is -0.495. The Bertz CT molecular complexity index is 391. The molecule has 1 rings (SSSR count). The zero-order valence-corrected chi connectivity index (χ0v) is 7.80. The van der Waals surface area contributed by atoms with Crippen molar-refractivity contribution in [2.24, 2.45) is 5.16 Å². The molecule has 0 aliphatic rings. The minimum atomic E-state index is -0.174. The van der Waals surface area contributed by atoms with Gasteiger partial charge in [-0.3, -0.25) is 9.59 Å². The highest BCUT2D eigenvalue weighted by atomic mass is 16.6. The summed E-state index contributed by atoms with van der Waals surface area (Å²) in [6.07, 6.45) is 3.36. The maximum absolute atomic E-state index is 10.5. The Kier molecular flexibility index (Phi) is 3.90. The fourth-order valence-electron chi connectivity index (χ4n) is 0.810. The maximum Gasteiger partial charge on any atom is 0.261 e. The summed E-state index contributed by atoms with van der Waals surface area (Å²) in [5, 5.41) is 5.68. The Labute approximate surface area is 85.2 Å². The molecule has 0 bridgehead atoms. The van der Waals surface area contributed by atoms with Gasteiger partial charge in [0.15, 0.2) is 11.5 Å². The van der Waals surface area contributed by atoms with Crippen molar-refractivity contribution < 1.29 is 14.4 Å². The molecule has 1 heterocycles. The number of carbonyl (C=O) groups is 1. The molecule has 0 aliphatic carbocycles. The van der Waals surface area contributed by atoms with Crippen molar-refractivity contribution in [2.45, 2.75) is 0 Å². The van der Waals surface area contributed by atoms with E-state index in [9.17, 15) is 9.59 Å². The number of nitrogens with zero attached hydrogens (tertiary/aromatic N) is 3. The van der Waals surface area contributed by atoms with Crippen molar-refractivity contribution >= 4 is 24.2 Å². The first-order valence-electron chi connectivity index (χ1n) is 3.84. The number of hydrogen-bond acceptors (Lipinski definition) is 6. The van der Waals surface area contributed by atoms with Crippen molar-refractivity contribution in [3.63, 3.8) is 0 Å². The van der Waals surface area contributed by atoms with Crippen LogP contribution in [-0.4, -0.2) is 35.5 Å². The molecule has 0 aromatic carbocycles. The van der Waals surface area contributed by atoms with Crippen LogP contribution in [0.5, 0.6) is 0 Å². The Morgan fingerprint density at radius 1 is 1.73 bits per heavy atom. The Hall–Kier alpha value is -2.31. The van der Waals surface area contributed by atoms with E-state index in [1.165, 1.54) is 25.7 Å². The molecule has 1 radical (unpaired) electrons. The molecule has 0 spiro atoms. The minimum Gasteiger partial charge on any atom is -0.398 e. The molecule has 7 nitrogen and oxygen atoms in total. The molecule has 0 atom stereocenters. The zero-order valence-electron chi connectivity index (χ0n) is 7.80. The highest BCUT2D eigenvalue weighted by Gasteiger charge is 2.08. The lowest BCUT2D eigenvalue weighted by Crippen LogP contribution is -2.10. The molecular weight excluding hydrogens is 200 g/mol. The number of anilines is 1. The van der Waals surface area contributed by atoms with Gasteiger partial charge in [-0.2, -0.15) is 0 Å². The van der Waals surface area contributed by atoms with Crippen LogP contribution in [0.4, 0.5) is 5.82 Å². The van der Waals surface area contributed by atoms with Gasteiger partial charge in [-0.15, -0.1) is 0 Å². The van der Waals surface area contributed by atoms with Crippen LogP contribution in [0.2, 0.25) is 0 Å². The van der Waals surface area contributed by atoms with Crippen LogP contribution in [-0.2, 0) is 14.4 Å². The Balaban J connectivity index is 3.02. The van der Waals surface area contributed by atoms with Crippen LogP contribution >= 0.6 is 0 Å². The van der Waals surface area contributed by atoms with Crippen molar-refractivity contribution in [3.8, 4) is 0 Å². The number of oxime groups is 1. The summed E-state index contributed by atoms with van der Waals surface area (Å²) >= 11 is 0. The zero-order chi connectivity index (χ0) is 11.1. The summed E-state index contributed by atoms with van der Waals surface area (Å²) in [5.41, 5.74) is -0.174. The predicted molar refractivity (Wildman–Crippen MR) is 51.0 cm³/mol. The molecule has 77 valence electrons. The normalized spacial score (nSPS) is 10.6. The molecule has 1 aromatic heterocycles. The minimum absolute atomic E-state index is 0.0266. The lowest BCUT2D eigenvalue weighted by Gasteiger charge is -1.99. The van der Waals surface area contributed by atoms with Crippen LogP contribution in [0.25, 0.3) is 0 Å². The van der Waals surface area contributed by atoms with Gasteiger partial charge in [0, 0.05) is 6.20 Å². The van der Waals surface area contributed by atoms with Gasteiger partial charge in [-0.05, 0) is 6.07 Å². The third kappa shape index (κ3) is 2.83. The number of carbonyl (C=O) groups excluding carboxylic acids is 2. The van der Waals surface area contributed by atoms with E-state index in [0.29, 0.717) is 6.41 Å². The Morgan fingerprint density at radius 2 is 2.53 bits per heavy atom. The molecule has 0 saturated carbocycles. The molecule has 0 unspecified atom stereocenters. The summed E-state index contributed by atoms with van der Waals surface area (Å²) in [7, 11) is 1.28. The lowest BCUT2D eigenvalue weighted by molar-refractivity contribution is -0.105. The van der Waals surface area contributed by atoms with Crippen molar-refractivity contribution in [1.29, 1.82) is 0 Å². The van der Waals surface area contributed by atoms with E-state index in [1.54, 1.807) is 0 Å². The van der Waals surface area contributed by atoms with Gasteiger partial charge in [0.05, 0.1) is 0 Å². The smallest absolute Gasteiger partial charge is 0.261 e. The van der Waals surface area contributed by atoms with Gasteiger partial charge < -0.3 is 10.2 Å². The first kappa shape index (κ1) is 10.8. The van der Waals surface area contributed by atoms with E-state index in [2.05, 4.69) is 25.3 Å². The highest BCUT2D eigenvalue weighted by Crippen LogP contribution is 2.01. The fraction of sp³-hybridized carbons (Fsp3) is 0.125. The molecule has 0 fully saturated rings. The quantitative estimate of drug-likeness (QED) is 0.399. The first-order chi connectivity index (χ1) is 7.31. The average molecular weight is 207 g/mol. The van der Waals surface area contributed by atoms with E-state index in [1.807, 2.05) is 0 Å². The molecule has 0 saturated heterocycles. The van der Waals surface area contributed by atoms with E-state index in [-0.39, 0.29) is 17.4 Å². The van der Waals surface area contributed by atoms with Crippen LogP contribution in [0.1, 0.15) is 5.82 Å². The van der Waals surface area contributed by atoms with Gasteiger partial charge in [0.1, 0.15) is 12.9 Å². The van der Waals surface area contributed by atoms with E-state index < -0.39 is 0 Å². The molecule has 1 N–H and O–H groups in total. The summed E-state index contributed by atoms with van der Waals surface area (Å²) in [4.78, 5) is 32.6. The second-order valence-electron chi connectivity index (χ2n) is 2.25. The molecule has 15 heavy (non-hydrogen) atoms. The molecule has 1 amide bonds. The molecule has 0 aliphatic heterocycles. The summed E-state index contributed by atoms with van der Waals surface area (Å²) in [5.74, 6) is 0.285. The standard InChI is InChI=1S/C8H7N4O3/c1-15-12-6(4-13)8-9-3-2-7(11-8)10-5-14/h2-3,5H,1H3,(H,9,10,11,14). The molecular formula is C8H7N4O3. The number of amides is 1. The summed E-state index contributed by atoms with van der Waals surface area (Å²) in [6, 6.07) is 1.47. The number of nitrogens with one attached hydrogen (secondary N) is 1. The van der Waals surface area contributed by atoms with E-state index in [4.69, 9.17) is 0 Å². The van der Waals surface area contributed by atoms with Crippen LogP contribution in [0.3, 0.4) is 0 Å². The second kappa shape index (κ2) is 5.43. The topological polar surface area (TPSA) is 93.5 Å². The number of hydrogen-bond donors (Lipinski definition) is 1. The lowest BCUT2D eigenvalue weighted by atomic mass is 10.4. The third-order valence-corrected chi connectivity index (χ3v) is 1.35. The third-order valence-electron chi connectivity index (χ3n) is 1.35. The highest BCUT2D eigenvalue weighted by molar-refractivity contribution is 6.35. The molecule has 1 aromatic rings. The summed E-state index contributed by atoms with van der Waals surface area (Å²) < 4.78 is 0. The van der Waals surface area contributed by atoms with Gasteiger partial charge in [-0.25, -0.2) is 9.97 Å². The van der Waals surface area contributed by atoms with E-state index >= 15 is 0 Å². The van der Waals surface area contributed by atoms with E-state index in [0.717, 1.165) is 0 Å². The molecule has 7 heteroatoms. The average Bonchev–Trinajstić information content (AvgIpc) is 2.27. The van der Waals surface area contributed by atoms with Gasteiger partial charge >= 0.3 is 0 Å². The van der Waals surface area contributed by atoms with Gasteiger partial charge in [-0.1, -0.05) is 5.16 Å². The van der Waals surface area contributed by atoms with Crippen molar-refractivity contribution in [2.75, 3.05) is 12.4 Å². The van der Waals surface area contributed by atoms with Crippen molar-refractivity contribution in [3.05, 3.63) is 18.1 Å². The summed E-state index contributed by atoms with van der Waals surface area (Å²) in [6.45, 7) is 0. The SMILES string of the molecule is CON=C([C]=O)c1nccc(NC=O)n1. The van der Waals surface area contributed by atoms with Gasteiger partial charge in [0.25, 0.3) is 6.29 Å². The number of aromatic nitrogens is 2. The maximum atomic E-state index is 10.5.